The first kappa shape index (κ1) is 22.3. The summed E-state index contributed by atoms with van der Waals surface area (Å²) >= 11 is 6.34. The molecule has 1 N–H and O–H groups in total. The average Bonchev–Trinajstić information content (AvgIpc) is 2.67. The summed E-state index contributed by atoms with van der Waals surface area (Å²) in [7, 11) is 0. The number of carboxylic acid groups (broad SMARTS) is 1. The van der Waals surface area contributed by atoms with Crippen molar-refractivity contribution in [1.29, 1.82) is 0 Å². The summed E-state index contributed by atoms with van der Waals surface area (Å²) < 4.78 is 17.3. The van der Waals surface area contributed by atoms with Gasteiger partial charge in [0.25, 0.3) is 0 Å². The summed E-state index contributed by atoms with van der Waals surface area (Å²) in [5.41, 5.74) is 1.01. The summed E-state index contributed by atoms with van der Waals surface area (Å²) in [6, 6.07) is 11.5. The van der Waals surface area contributed by atoms with Crippen LogP contribution in [0, 0.1) is 0 Å². The number of aliphatic carboxylic acids is 1. The van der Waals surface area contributed by atoms with Crippen LogP contribution >= 0.6 is 11.6 Å². The third-order valence-electron chi connectivity index (χ3n) is 5.31. The van der Waals surface area contributed by atoms with E-state index in [0.717, 1.165) is 11.1 Å². The second-order valence-electron chi connectivity index (χ2n) is 8.85. The van der Waals surface area contributed by atoms with Gasteiger partial charge in [0.2, 0.25) is 5.60 Å². The first-order chi connectivity index (χ1) is 14.1. The van der Waals surface area contributed by atoms with Crippen LogP contribution in [0.1, 0.15) is 51.7 Å². The molecule has 0 radical (unpaired) electrons. The van der Waals surface area contributed by atoms with Crippen LogP contribution < -0.4 is 14.2 Å². The van der Waals surface area contributed by atoms with E-state index in [1.165, 1.54) is 0 Å². The predicted octanol–water partition coefficient (Wildman–Crippen LogP) is 5.65. The topological polar surface area (TPSA) is 65.0 Å². The molecular weight excluding hydrogens is 404 g/mol. The molecule has 0 aliphatic carbocycles. The molecule has 0 saturated carbocycles. The molecule has 0 bridgehead atoms. The van der Waals surface area contributed by atoms with Gasteiger partial charge in [-0.2, -0.15) is 0 Å². The first-order valence-corrected chi connectivity index (χ1v) is 10.6. The summed E-state index contributed by atoms with van der Waals surface area (Å²) in [5, 5.41) is 9.99. The van der Waals surface area contributed by atoms with Gasteiger partial charge >= 0.3 is 5.97 Å². The molecule has 1 aliphatic heterocycles. The number of aryl methyl sites for hydroxylation is 1. The fraction of sp³-hybridized carbons (Fsp3) is 0.458. The average molecular weight is 433 g/mol. The summed E-state index contributed by atoms with van der Waals surface area (Å²) in [6.07, 6.45) is 1.80. The molecule has 1 atom stereocenters. The largest absolute Gasteiger partial charge is 0.493 e. The van der Waals surface area contributed by atoms with Crippen molar-refractivity contribution < 1.29 is 24.1 Å². The molecule has 3 rings (SSSR count). The van der Waals surface area contributed by atoms with Crippen LogP contribution in [0.3, 0.4) is 0 Å². The minimum absolute atomic E-state index is 0.0382. The number of fused-ring (bicyclic) bond motifs is 1. The Morgan fingerprint density at radius 1 is 1.17 bits per heavy atom. The second-order valence-corrected chi connectivity index (χ2v) is 9.26. The zero-order valence-electron chi connectivity index (χ0n) is 18.0. The Labute approximate surface area is 182 Å². The Balaban J connectivity index is 1.49. The zero-order valence-corrected chi connectivity index (χ0v) is 18.7. The van der Waals surface area contributed by atoms with E-state index in [1.54, 1.807) is 13.0 Å². The van der Waals surface area contributed by atoms with E-state index in [-0.39, 0.29) is 5.41 Å². The number of halogens is 1. The van der Waals surface area contributed by atoms with Crippen LogP contribution in [-0.2, 0) is 16.6 Å². The number of ether oxygens (including phenoxy) is 3. The second kappa shape index (κ2) is 8.76. The standard InChI is InChI=1S/C24H29ClO5/c1-23(2,3)17-7-9-20(19(25)14-17)29-13-5-12-28-18-8-6-16-10-11-24(4,22(26)27)30-21(16)15-18/h6-9,14-15H,5,10-13H2,1-4H3,(H,26,27). The van der Waals surface area contributed by atoms with Gasteiger partial charge in [-0.15, -0.1) is 0 Å². The van der Waals surface area contributed by atoms with Gasteiger partial charge in [-0.25, -0.2) is 4.79 Å². The van der Waals surface area contributed by atoms with Crippen LogP contribution in [0.25, 0.3) is 0 Å². The number of hydrogen-bond acceptors (Lipinski definition) is 4. The minimum atomic E-state index is -1.19. The third-order valence-corrected chi connectivity index (χ3v) is 5.61. The van der Waals surface area contributed by atoms with Gasteiger partial charge < -0.3 is 19.3 Å². The van der Waals surface area contributed by atoms with Crippen molar-refractivity contribution in [2.45, 2.75) is 58.0 Å². The lowest BCUT2D eigenvalue weighted by atomic mass is 9.87. The van der Waals surface area contributed by atoms with Crippen molar-refractivity contribution >= 4 is 17.6 Å². The van der Waals surface area contributed by atoms with Crippen molar-refractivity contribution in [2.75, 3.05) is 13.2 Å². The van der Waals surface area contributed by atoms with E-state index in [2.05, 4.69) is 20.8 Å². The van der Waals surface area contributed by atoms with Gasteiger partial charge in [-0.3, -0.25) is 0 Å². The van der Waals surface area contributed by atoms with Crippen molar-refractivity contribution in [1.82, 2.24) is 0 Å². The summed E-state index contributed by atoms with van der Waals surface area (Å²) in [4.78, 5) is 11.4. The molecule has 0 amide bonds. The molecule has 2 aromatic rings. The van der Waals surface area contributed by atoms with E-state index in [0.29, 0.717) is 54.7 Å². The van der Waals surface area contributed by atoms with Crippen LogP contribution in [0.15, 0.2) is 36.4 Å². The Bertz CT molecular complexity index is 918. The van der Waals surface area contributed by atoms with Crippen molar-refractivity contribution in [3.05, 3.63) is 52.5 Å². The Hall–Kier alpha value is -2.40. The summed E-state index contributed by atoms with van der Waals surface area (Å²) in [6.45, 7) is 8.97. The number of carbonyl (C=O) groups is 1. The molecule has 5 nitrogen and oxygen atoms in total. The van der Waals surface area contributed by atoms with Crippen LogP contribution in [0.5, 0.6) is 17.2 Å². The molecule has 2 aromatic carbocycles. The molecule has 6 heteroatoms. The van der Waals surface area contributed by atoms with Gasteiger partial charge in [0.15, 0.2) is 0 Å². The van der Waals surface area contributed by atoms with E-state index in [1.807, 2.05) is 30.3 Å². The van der Waals surface area contributed by atoms with E-state index in [9.17, 15) is 9.90 Å². The monoisotopic (exact) mass is 432 g/mol. The number of benzene rings is 2. The molecule has 1 aliphatic rings. The highest BCUT2D eigenvalue weighted by molar-refractivity contribution is 6.32. The van der Waals surface area contributed by atoms with Crippen molar-refractivity contribution in [3.63, 3.8) is 0 Å². The van der Waals surface area contributed by atoms with Gasteiger partial charge in [0, 0.05) is 18.9 Å². The molecule has 30 heavy (non-hydrogen) atoms. The Morgan fingerprint density at radius 2 is 1.90 bits per heavy atom. The smallest absolute Gasteiger partial charge is 0.347 e. The Morgan fingerprint density at radius 3 is 2.57 bits per heavy atom. The molecule has 0 aromatic heterocycles. The van der Waals surface area contributed by atoms with Crippen LogP contribution in [0.2, 0.25) is 5.02 Å². The van der Waals surface area contributed by atoms with Crippen molar-refractivity contribution in [2.24, 2.45) is 0 Å². The highest BCUT2D eigenvalue weighted by atomic mass is 35.5. The molecule has 0 spiro atoms. The molecular formula is C24H29ClO5. The molecule has 0 saturated heterocycles. The van der Waals surface area contributed by atoms with E-state index < -0.39 is 11.6 Å². The first-order valence-electron chi connectivity index (χ1n) is 10.2. The van der Waals surface area contributed by atoms with Crippen LogP contribution in [0.4, 0.5) is 0 Å². The Kier molecular flexibility index (Phi) is 6.51. The SMILES string of the molecule is CC1(C(=O)O)CCc2ccc(OCCCOc3ccc(C(C)(C)C)cc3Cl)cc2O1. The minimum Gasteiger partial charge on any atom is -0.493 e. The lowest BCUT2D eigenvalue weighted by Crippen LogP contribution is -2.44. The highest BCUT2D eigenvalue weighted by Gasteiger charge is 2.39. The maximum Gasteiger partial charge on any atom is 0.347 e. The van der Waals surface area contributed by atoms with Gasteiger partial charge in [0.1, 0.15) is 17.2 Å². The van der Waals surface area contributed by atoms with Gasteiger partial charge in [-0.1, -0.05) is 44.5 Å². The lowest BCUT2D eigenvalue weighted by molar-refractivity contribution is -0.155. The lowest BCUT2D eigenvalue weighted by Gasteiger charge is -2.32. The third kappa shape index (κ3) is 5.20. The molecule has 0 fully saturated rings. The number of rotatable bonds is 7. The summed E-state index contributed by atoms with van der Waals surface area (Å²) in [5.74, 6) is 0.937. The number of carboxylic acids is 1. The quantitative estimate of drug-likeness (QED) is 0.572. The molecule has 1 unspecified atom stereocenters. The number of hydrogen-bond donors (Lipinski definition) is 1. The van der Waals surface area contributed by atoms with Gasteiger partial charge in [-0.05, 0) is 48.1 Å². The predicted molar refractivity (Wildman–Crippen MR) is 117 cm³/mol. The fourth-order valence-electron chi connectivity index (χ4n) is 3.26. The van der Waals surface area contributed by atoms with E-state index >= 15 is 0 Å². The van der Waals surface area contributed by atoms with Gasteiger partial charge in [0.05, 0.1) is 18.2 Å². The van der Waals surface area contributed by atoms with Crippen LogP contribution in [-0.4, -0.2) is 29.9 Å². The fourth-order valence-corrected chi connectivity index (χ4v) is 3.49. The van der Waals surface area contributed by atoms with Crippen molar-refractivity contribution in [3.8, 4) is 17.2 Å². The highest BCUT2D eigenvalue weighted by Crippen LogP contribution is 2.36. The molecule has 162 valence electrons. The molecule has 1 heterocycles. The maximum atomic E-state index is 11.4. The zero-order chi connectivity index (χ0) is 21.9. The normalized spacial score (nSPS) is 18.3. The van der Waals surface area contributed by atoms with E-state index in [4.69, 9.17) is 25.8 Å². The maximum absolute atomic E-state index is 11.4.